The van der Waals surface area contributed by atoms with Crippen molar-refractivity contribution in [1.82, 2.24) is 0 Å². The van der Waals surface area contributed by atoms with Crippen LogP contribution in [-0.4, -0.2) is 5.78 Å². The number of halogens is 1. The van der Waals surface area contributed by atoms with Gasteiger partial charge in [-0.1, -0.05) is 29.3 Å². The van der Waals surface area contributed by atoms with Crippen LogP contribution >= 0.6 is 0 Å². The van der Waals surface area contributed by atoms with Gasteiger partial charge < -0.3 is 4.42 Å². The van der Waals surface area contributed by atoms with Crippen LogP contribution in [0.5, 0.6) is 0 Å². The fraction of sp³-hybridized carbons (Fsp3) is 0.118. The minimum atomic E-state index is -0.457. The number of rotatable bonds is 2. The molecule has 0 saturated carbocycles. The SMILES string of the molecule is Cc1cc(C)cc(C(=O)c2cc3cccc(F)c3o2)c1. The fourth-order valence-electron chi connectivity index (χ4n) is 2.39. The number of carbonyl (C=O) groups excluding carboxylic acids is 1. The molecule has 20 heavy (non-hydrogen) atoms. The number of hydrogen-bond donors (Lipinski definition) is 0. The van der Waals surface area contributed by atoms with Crippen LogP contribution in [0, 0.1) is 19.7 Å². The number of furan rings is 1. The molecular formula is C17H13FO2. The van der Waals surface area contributed by atoms with Crippen molar-refractivity contribution in [2.45, 2.75) is 13.8 Å². The largest absolute Gasteiger partial charge is 0.449 e. The van der Waals surface area contributed by atoms with Gasteiger partial charge in [0, 0.05) is 10.9 Å². The molecule has 0 saturated heterocycles. The Kier molecular flexibility index (Phi) is 2.90. The summed E-state index contributed by atoms with van der Waals surface area (Å²) in [4.78, 5) is 12.4. The lowest BCUT2D eigenvalue weighted by molar-refractivity contribution is 0.101. The average molecular weight is 268 g/mol. The second kappa shape index (κ2) is 4.60. The van der Waals surface area contributed by atoms with E-state index in [1.54, 1.807) is 30.3 Å². The lowest BCUT2D eigenvalue weighted by atomic mass is 10.0. The predicted molar refractivity (Wildman–Crippen MR) is 75.5 cm³/mol. The molecule has 0 spiro atoms. The third-order valence-electron chi connectivity index (χ3n) is 3.20. The van der Waals surface area contributed by atoms with Gasteiger partial charge >= 0.3 is 0 Å². The molecule has 0 unspecified atom stereocenters. The van der Waals surface area contributed by atoms with Gasteiger partial charge in [0.2, 0.25) is 5.78 Å². The van der Waals surface area contributed by atoms with Crippen LogP contribution in [0.2, 0.25) is 0 Å². The molecular weight excluding hydrogens is 255 g/mol. The number of para-hydroxylation sites is 1. The van der Waals surface area contributed by atoms with E-state index in [2.05, 4.69) is 0 Å². The Morgan fingerprint density at radius 3 is 2.40 bits per heavy atom. The molecule has 1 heterocycles. The molecule has 0 amide bonds. The summed E-state index contributed by atoms with van der Waals surface area (Å²) < 4.78 is 19.0. The first kappa shape index (κ1) is 12.6. The normalized spacial score (nSPS) is 10.9. The van der Waals surface area contributed by atoms with Gasteiger partial charge in [0.05, 0.1) is 0 Å². The summed E-state index contributed by atoms with van der Waals surface area (Å²) >= 11 is 0. The minimum absolute atomic E-state index is 0.125. The van der Waals surface area contributed by atoms with Crippen molar-refractivity contribution in [2.24, 2.45) is 0 Å². The summed E-state index contributed by atoms with van der Waals surface area (Å²) in [5, 5.41) is 0.595. The Morgan fingerprint density at radius 2 is 1.75 bits per heavy atom. The Hall–Kier alpha value is -2.42. The summed E-state index contributed by atoms with van der Waals surface area (Å²) in [6.45, 7) is 3.87. The highest BCUT2D eigenvalue weighted by Gasteiger charge is 2.16. The van der Waals surface area contributed by atoms with Crippen LogP contribution < -0.4 is 0 Å². The van der Waals surface area contributed by atoms with E-state index in [4.69, 9.17) is 4.42 Å². The number of carbonyl (C=O) groups is 1. The van der Waals surface area contributed by atoms with E-state index < -0.39 is 5.82 Å². The third-order valence-corrected chi connectivity index (χ3v) is 3.20. The molecule has 0 aliphatic carbocycles. The van der Waals surface area contributed by atoms with E-state index in [1.807, 2.05) is 19.9 Å². The molecule has 3 aromatic rings. The van der Waals surface area contributed by atoms with Crippen molar-refractivity contribution in [3.05, 3.63) is 70.7 Å². The van der Waals surface area contributed by atoms with Crippen molar-refractivity contribution in [1.29, 1.82) is 0 Å². The molecule has 0 aliphatic rings. The van der Waals surface area contributed by atoms with Crippen molar-refractivity contribution < 1.29 is 13.6 Å². The number of benzene rings is 2. The molecule has 100 valence electrons. The van der Waals surface area contributed by atoms with Gasteiger partial charge in [-0.2, -0.15) is 0 Å². The molecule has 1 aromatic heterocycles. The number of hydrogen-bond acceptors (Lipinski definition) is 2. The molecule has 0 bridgehead atoms. The van der Waals surface area contributed by atoms with E-state index in [1.165, 1.54) is 6.07 Å². The van der Waals surface area contributed by atoms with Gasteiger partial charge in [0.15, 0.2) is 17.2 Å². The van der Waals surface area contributed by atoms with Crippen LogP contribution in [-0.2, 0) is 0 Å². The number of ketones is 1. The maximum atomic E-state index is 13.6. The third kappa shape index (κ3) is 2.11. The number of fused-ring (bicyclic) bond motifs is 1. The molecule has 0 radical (unpaired) electrons. The molecule has 2 aromatic carbocycles. The standard InChI is InChI=1S/C17H13FO2/c1-10-6-11(2)8-13(7-10)16(19)15-9-12-4-3-5-14(18)17(12)20-15/h3-9H,1-2H3. The van der Waals surface area contributed by atoms with Gasteiger partial charge in [-0.3, -0.25) is 4.79 Å². The summed E-state index contributed by atoms with van der Waals surface area (Å²) in [5.74, 6) is -0.524. The second-order valence-corrected chi connectivity index (χ2v) is 4.97. The lowest BCUT2D eigenvalue weighted by Crippen LogP contribution is -2.00. The van der Waals surface area contributed by atoms with E-state index in [9.17, 15) is 9.18 Å². The maximum Gasteiger partial charge on any atom is 0.228 e. The highest BCUT2D eigenvalue weighted by atomic mass is 19.1. The number of aryl methyl sites for hydroxylation is 2. The Balaban J connectivity index is 2.10. The maximum absolute atomic E-state index is 13.6. The van der Waals surface area contributed by atoms with Gasteiger partial charge in [0.1, 0.15) is 0 Å². The van der Waals surface area contributed by atoms with Crippen molar-refractivity contribution in [3.8, 4) is 0 Å². The van der Waals surface area contributed by atoms with Crippen LogP contribution in [0.1, 0.15) is 27.2 Å². The molecule has 3 heteroatoms. The topological polar surface area (TPSA) is 30.2 Å². The van der Waals surface area contributed by atoms with Crippen LogP contribution in [0.25, 0.3) is 11.0 Å². The second-order valence-electron chi connectivity index (χ2n) is 4.97. The van der Waals surface area contributed by atoms with Crippen LogP contribution in [0.4, 0.5) is 4.39 Å². The predicted octanol–water partition coefficient (Wildman–Crippen LogP) is 4.42. The lowest BCUT2D eigenvalue weighted by Gasteiger charge is -2.02. The van der Waals surface area contributed by atoms with Crippen molar-refractivity contribution >= 4 is 16.8 Å². The highest BCUT2D eigenvalue weighted by molar-refractivity contribution is 6.09. The van der Waals surface area contributed by atoms with E-state index in [0.29, 0.717) is 10.9 Å². The first-order valence-corrected chi connectivity index (χ1v) is 6.35. The van der Waals surface area contributed by atoms with Gasteiger partial charge in [-0.25, -0.2) is 4.39 Å². The van der Waals surface area contributed by atoms with Crippen molar-refractivity contribution in [3.63, 3.8) is 0 Å². The molecule has 0 aliphatic heterocycles. The quantitative estimate of drug-likeness (QED) is 0.644. The Bertz CT molecular complexity index is 795. The molecule has 2 nitrogen and oxygen atoms in total. The average Bonchev–Trinajstić information content (AvgIpc) is 2.82. The summed E-state index contributed by atoms with van der Waals surface area (Å²) in [5.41, 5.74) is 2.70. The first-order chi connectivity index (χ1) is 9.54. The van der Waals surface area contributed by atoms with Gasteiger partial charge in [0.25, 0.3) is 0 Å². The summed E-state index contributed by atoms with van der Waals surface area (Å²) in [7, 11) is 0. The molecule has 0 fully saturated rings. The van der Waals surface area contributed by atoms with E-state index >= 15 is 0 Å². The van der Waals surface area contributed by atoms with Crippen LogP contribution in [0.15, 0.2) is 46.9 Å². The zero-order valence-electron chi connectivity index (χ0n) is 11.2. The minimum Gasteiger partial charge on any atom is -0.449 e. The first-order valence-electron chi connectivity index (χ1n) is 6.35. The molecule has 0 atom stereocenters. The molecule has 0 N–H and O–H groups in total. The van der Waals surface area contributed by atoms with E-state index in [0.717, 1.165) is 11.1 Å². The van der Waals surface area contributed by atoms with Crippen molar-refractivity contribution in [2.75, 3.05) is 0 Å². The smallest absolute Gasteiger partial charge is 0.228 e. The summed E-state index contributed by atoms with van der Waals surface area (Å²) in [6, 6.07) is 11.8. The molecule has 3 rings (SSSR count). The fourth-order valence-corrected chi connectivity index (χ4v) is 2.39. The monoisotopic (exact) mass is 268 g/mol. The zero-order chi connectivity index (χ0) is 14.3. The Labute approximate surface area is 115 Å². The van der Waals surface area contributed by atoms with Gasteiger partial charge in [-0.15, -0.1) is 0 Å². The Morgan fingerprint density at radius 1 is 1.05 bits per heavy atom. The zero-order valence-corrected chi connectivity index (χ0v) is 11.2. The van der Waals surface area contributed by atoms with Crippen LogP contribution in [0.3, 0.4) is 0 Å². The van der Waals surface area contributed by atoms with Gasteiger partial charge in [-0.05, 0) is 38.1 Å². The van der Waals surface area contributed by atoms with E-state index in [-0.39, 0.29) is 17.1 Å². The summed E-state index contributed by atoms with van der Waals surface area (Å²) in [6.07, 6.45) is 0. The highest BCUT2D eigenvalue weighted by Crippen LogP contribution is 2.24.